The molecule has 4 bridgehead atoms. The van der Waals surface area contributed by atoms with Crippen molar-refractivity contribution in [1.29, 1.82) is 0 Å². The van der Waals surface area contributed by atoms with Gasteiger partial charge >= 0.3 is 0 Å². The van der Waals surface area contributed by atoms with E-state index in [1.807, 2.05) is 4.90 Å². The predicted octanol–water partition coefficient (Wildman–Crippen LogP) is 4.91. The Kier molecular flexibility index (Phi) is 6.22. The molecule has 5 aliphatic rings. The molecule has 0 aromatic heterocycles. The number of nitrogens with zero attached hydrogens (tertiary/aromatic N) is 1. The Balaban J connectivity index is 1.23. The molecule has 1 N–H and O–H groups in total. The summed E-state index contributed by atoms with van der Waals surface area (Å²) in [5.41, 5.74) is 1.53. The van der Waals surface area contributed by atoms with E-state index in [4.69, 9.17) is 9.47 Å². The summed E-state index contributed by atoms with van der Waals surface area (Å²) in [4.78, 5) is 14.4. The van der Waals surface area contributed by atoms with E-state index in [1.165, 1.54) is 50.5 Å². The zero-order chi connectivity index (χ0) is 21.4. The van der Waals surface area contributed by atoms with Crippen LogP contribution in [0.25, 0.3) is 0 Å². The Bertz CT molecular complexity index is 786. The van der Waals surface area contributed by atoms with Crippen molar-refractivity contribution in [3.05, 3.63) is 22.2 Å². The number of methoxy groups -OCH3 is 1. The summed E-state index contributed by atoms with van der Waals surface area (Å²) >= 11 is 3.66. The van der Waals surface area contributed by atoms with Crippen molar-refractivity contribution >= 4 is 21.8 Å². The topological polar surface area (TPSA) is 50.8 Å². The highest BCUT2D eigenvalue weighted by atomic mass is 79.9. The highest BCUT2D eigenvalue weighted by molar-refractivity contribution is 9.10. The van der Waals surface area contributed by atoms with Crippen molar-refractivity contribution in [3.63, 3.8) is 0 Å². The molecule has 1 aromatic rings. The molecule has 1 saturated heterocycles. The van der Waals surface area contributed by atoms with Crippen LogP contribution in [0, 0.1) is 17.8 Å². The van der Waals surface area contributed by atoms with Gasteiger partial charge in [-0.25, -0.2) is 0 Å². The summed E-state index contributed by atoms with van der Waals surface area (Å²) in [7, 11) is 1.66. The first-order valence-electron chi connectivity index (χ1n) is 12.1. The summed E-state index contributed by atoms with van der Waals surface area (Å²) in [5, 5.41) is 3.96. The number of hydrogen-bond acceptors (Lipinski definition) is 4. The van der Waals surface area contributed by atoms with E-state index in [2.05, 4.69) is 33.4 Å². The number of hydrogen-bond donors (Lipinski definition) is 1. The highest BCUT2D eigenvalue weighted by Crippen LogP contribution is 2.55. The van der Waals surface area contributed by atoms with Crippen LogP contribution in [0.3, 0.4) is 0 Å². The molecule has 1 amide bonds. The average Bonchev–Trinajstić information content (AvgIpc) is 2.76. The van der Waals surface area contributed by atoms with Gasteiger partial charge in [0.15, 0.2) is 18.1 Å². The molecule has 31 heavy (non-hydrogen) atoms. The van der Waals surface area contributed by atoms with Gasteiger partial charge in [-0.05, 0) is 109 Å². The van der Waals surface area contributed by atoms with Crippen molar-refractivity contribution in [3.8, 4) is 11.5 Å². The van der Waals surface area contributed by atoms with Crippen LogP contribution < -0.4 is 14.8 Å². The first-order valence-corrected chi connectivity index (χ1v) is 12.8. The third-order valence-electron chi connectivity index (χ3n) is 8.04. The van der Waals surface area contributed by atoms with E-state index in [1.54, 1.807) is 7.11 Å². The summed E-state index contributed by atoms with van der Waals surface area (Å²) in [6, 6.07) is 4.16. The molecule has 170 valence electrons. The van der Waals surface area contributed by atoms with Gasteiger partial charge in [0, 0.05) is 25.2 Å². The van der Waals surface area contributed by atoms with Crippen LogP contribution >= 0.6 is 15.9 Å². The molecule has 1 aromatic carbocycles. The van der Waals surface area contributed by atoms with Crippen LogP contribution in [0.15, 0.2) is 16.6 Å². The summed E-state index contributed by atoms with van der Waals surface area (Å²) in [6.45, 7) is 2.58. The predicted molar refractivity (Wildman–Crippen MR) is 124 cm³/mol. The molecule has 1 aliphatic heterocycles. The number of likely N-dealkylation sites (tertiary alicyclic amines) is 1. The molecule has 5 nitrogen and oxygen atoms in total. The summed E-state index contributed by atoms with van der Waals surface area (Å²) < 4.78 is 12.4. The van der Waals surface area contributed by atoms with Crippen LogP contribution in [-0.2, 0) is 11.3 Å². The van der Waals surface area contributed by atoms with Crippen molar-refractivity contribution < 1.29 is 14.3 Å². The van der Waals surface area contributed by atoms with Crippen molar-refractivity contribution in [2.24, 2.45) is 17.8 Å². The monoisotopic (exact) mass is 490 g/mol. The van der Waals surface area contributed by atoms with E-state index in [9.17, 15) is 4.79 Å². The number of carbonyl (C=O) groups excluding carboxylic acids is 1. The van der Waals surface area contributed by atoms with Gasteiger partial charge in [-0.2, -0.15) is 0 Å². The van der Waals surface area contributed by atoms with Crippen molar-refractivity contribution in [2.75, 3.05) is 26.8 Å². The normalized spacial score (nSPS) is 31.7. The zero-order valence-electron chi connectivity index (χ0n) is 18.6. The minimum atomic E-state index is 0.0554. The Labute approximate surface area is 194 Å². The second-order valence-corrected chi connectivity index (χ2v) is 11.2. The van der Waals surface area contributed by atoms with Crippen LogP contribution in [0.4, 0.5) is 0 Å². The Morgan fingerprint density at radius 3 is 2.35 bits per heavy atom. The molecule has 4 aliphatic carbocycles. The maximum atomic E-state index is 12.5. The Hall–Kier alpha value is -1.27. The molecule has 4 saturated carbocycles. The lowest BCUT2D eigenvalue weighted by atomic mass is 9.53. The smallest absolute Gasteiger partial charge is 0.260 e. The van der Waals surface area contributed by atoms with Crippen LogP contribution in [0.5, 0.6) is 11.5 Å². The van der Waals surface area contributed by atoms with Gasteiger partial charge in [0.05, 0.1) is 11.6 Å². The third kappa shape index (κ3) is 4.61. The number of benzene rings is 1. The van der Waals surface area contributed by atoms with Crippen LogP contribution in [0.1, 0.15) is 63.4 Å². The van der Waals surface area contributed by atoms with Gasteiger partial charge in [-0.1, -0.05) is 0 Å². The molecule has 6 heteroatoms. The van der Waals surface area contributed by atoms with Crippen LogP contribution in [0.2, 0.25) is 0 Å². The number of piperidine rings is 1. The molecule has 0 radical (unpaired) electrons. The summed E-state index contributed by atoms with van der Waals surface area (Å²) in [6.07, 6.45) is 11.8. The lowest BCUT2D eigenvalue weighted by Crippen LogP contribution is -2.58. The second-order valence-electron chi connectivity index (χ2n) is 10.4. The molecular weight excluding hydrogens is 456 g/mol. The van der Waals surface area contributed by atoms with E-state index in [0.717, 1.165) is 54.7 Å². The fraction of sp³-hybridized carbons (Fsp3) is 0.720. The molecule has 1 heterocycles. The summed E-state index contributed by atoms with van der Waals surface area (Å²) in [5.74, 6) is 4.17. The first kappa shape index (κ1) is 21.6. The number of ether oxygens (including phenoxy) is 2. The quantitative estimate of drug-likeness (QED) is 0.589. The lowest BCUT2D eigenvalue weighted by Gasteiger charge is -2.57. The fourth-order valence-electron chi connectivity index (χ4n) is 7.00. The molecule has 6 rings (SSSR count). The van der Waals surface area contributed by atoms with E-state index >= 15 is 0 Å². The highest BCUT2D eigenvalue weighted by Gasteiger charge is 2.50. The number of rotatable bonds is 7. The molecule has 0 unspecified atom stereocenters. The van der Waals surface area contributed by atoms with E-state index in [-0.39, 0.29) is 12.5 Å². The number of nitrogens with one attached hydrogen (secondary N) is 1. The van der Waals surface area contributed by atoms with Crippen molar-refractivity contribution in [2.45, 2.75) is 69.9 Å². The number of carbonyl (C=O) groups is 1. The molecule has 0 atom stereocenters. The number of amides is 1. The third-order valence-corrected chi connectivity index (χ3v) is 8.63. The first-order chi connectivity index (χ1) is 15.0. The molecule has 0 spiro atoms. The second kappa shape index (κ2) is 8.93. The van der Waals surface area contributed by atoms with Gasteiger partial charge in [-0.3, -0.25) is 4.79 Å². The zero-order valence-corrected chi connectivity index (χ0v) is 20.2. The molecular formula is C25H35BrN2O3. The average molecular weight is 491 g/mol. The number of halogens is 1. The standard InChI is InChI=1S/C25H35BrN2O3/c1-30-22-11-20(15-27-25-12-17-7-18(13-25)9-19(8-17)14-25)10-21(26)24(22)31-16-23(29)28-5-3-2-4-6-28/h10-11,17-19,27H,2-9,12-16H2,1H3. The minimum absolute atomic E-state index is 0.0554. The van der Waals surface area contributed by atoms with E-state index in [0.29, 0.717) is 17.0 Å². The van der Waals surface area contributed by atoms with Gasteiger partial charge in [0.25, 0.3) is 5.91 Å². The fourth-order valence-corrected chi connectivity index (χ4v) is 7.60. The maximum absolute atomic E-state index is 12.5. The van der Waals surface area contributed by atoms with Gasteiger partial charge < -0.3 is 19.7 Å². The largest absolute Gasteiger partial charge is 0.493 e. The Morgan fingerprint density at radius 2 is 1.74 bits per heavy atom. The van der Waals surface area contributed by atoms with Crippen LogP contribution in [-0.4, -0.2) is 43.2 Å². The van der Waals surface area contributed by atoms with Gasteiger partial charge in [-0.15, -0.1) is 0 Å². The van der Waals surface area contributed by atoms with E-state index < -0.39 is 0 Å². The maximum Gasteiger partial charge on any atom is 0.260 e. The Morgan fingerprint density at radius 1 is 1.10 bits per heavy atom. The van der Waals surface area contributed by atoms with Gasteiger partial charge in [0.2, 0.25) is 0 Å². The SMILES string of the molecule is COc1cc(CNC23CC4CC(CC(C4)C2)C3)cc(Br)c1OCC(=O)N1CCCCC1. The minimum Gasteiger partial charge on any atom is -0.493 e. The lowest BCUT2D eigenvalue weighted by molar-refractivity contribution is -0.134. The molecule has 5 fully saturated rings. The van der Waals surface area contributed by atoms with Gasteiger partial charge in [0.1, 0.15) is 0 Å². The van der Waals surface area contributed by atoms with Crippen molar-refractivity contribution in [1.82, 2.24) is 10.2 Å².